The number of nitrogens with one attached hydrogen (secondary N) is 1. The minimum absolute atomic E-state index is 0.131. The Morgan fingerprint density at radius 1 is 1.31 bits per heavy atom. The van der Waals surface area contributed by atoms with Gasteiger partial charge in [-0.05, 0) is 18.2 Å². The molecule has 1 aromatic rings. The average molecular weight is 383 g/mol. The van der Waals surface area contributed by atoms with Crippen molar-refractivity contribution in [3.05, 3.63) is 36.0 Å². The molecule has 1 amide bonds. The van der Waals surface area contributed by atoms with Crippen molar-refractivity contribution >= 4 is 21.7 Å². The Labute approximate surface area is 152 Å². The van der Waals surface area contributed by atoms with Gasteiger partial charge in [0.2, 0.25) is 0 Å². The lowest BCUT2D eigenvalue weighted by Gasteiger charge is -2.20. The SMILES string of the molecule is COCCN(/C=C(/C#N)C(=O)Nc1cccc(S(=O)(=O)O)c1)CCOC. The van der Waals surface area contributed by atoms with Crippen molar-refractivity contribution in [1.82, 2.24) is 4.90 Å². The molecular weight excluding hydrogens is 362 g/mol. The number of hydrogen-bond acceptors (Lipinski definition) is 7. The van der Waals surface area contributed by atoms with Gasteiger partial charge in [0.1, 0.15) is 11.6 Å². The first kappa shape index (κ1) is 21.6. The molecule has 0 bridgehead atoms. The van der Waals surface area contributed by atoms with Crippen molar-refractivity contribution in [3.8, 4) is 6.07 Å². The Morgan fingerprint density at radius 3 is 2.42 bits per heavy atom. The fourth-order valence-electron chi connectivity index (χ4n) is 1.91. The van der Waals surface area contributed by atoms with Crippen molar-refractivity contribution in [3.63, 3.8) is 0 Å². The topological polar surface area (TPSA) is 129 Å². The van der Waals surface area contributed by atoms with Crippen LogP contribution in [0.25, 0.3) is 0 Å². The molecule has 10 heteroatoms. The normalized spacial score (nSPS) is 11.7. The third-order valence-corrected chi connectivity index (χ3v) is 4.08. The minimum atomic E-state index is -4.39. The van der Waals surface area contributed by atoms with E-state index in [1.54, 1.807) is 19.1 Å². The lowest BCUT2D eigenvalue weighted by molar-refractivity contribution is -0.112. The zero-order chi connectivity index (χ0) is 19.6. The number of rotatable bonds is 10. The number of nitriles is 1. The van der Waals surface area contributed by atoms with Gasteiger partial charge in [-0.25, -0.2) is 0 Å². The highest BCUT2D eigenvalue weighted by Gasteiger charge is 2.14. The van der Waals surface area contributed by atoms with Crippen LogP contribution in [0.2, 0.25) is 0 Å². The lowest BCUT2D eigenvalue weighted by Crippen LogP contribution is -2.27. The van der Waals surface area contributed by atoms with E-state index >= 15 is 0 Å². The fraction of sp³-hybridized carbons (Fsp3) is 0.375. The van der Waals surface area contributed by atoms with Crippen molar-refractivity contribution in [2.45, 2.75) is 4.90 Å². The zero-order valence-electron chi connectivity index (χ0n) is 14.5. The number of amides is 1. The second kappa shape index (κ2) is 10.5. The smallest absolute Gasteiger partial charge is 0.294 e. The molecule has 1 aromatic carbocycles. The molecule has 9 nitrogen and oxygen atoms in total. The van der Waals surface area contributed by atoms with Gasteiger partial charge in [-0.2, -0.15) is 13.7 Å². The first-order valence-corrected chi connectivity index (χ1v) is 8.98. The van der Waals surface area contributed by atoms with Crippen LogP contribution in [0.3, 0.4) is 0 Å². The zero-order valence-corrected chi connectivity index (χ0v) is 15.3. The Kier molecular flexibility index (Phi) is 8.74. The number of ether oxygens (including phenoxy) is 2. The number of nitrogens with zero attached hydrogens (tertiary/aromatic N) is 2. The number of hydrogen-bond donors (Lipinski definition) is 2. The average Bonchev–Trinajstić information content (AvgIpc) is 2.60. The summed E-state index contributed by atoms with van der Waals surface area (Å²) in [6.45, 7) is 1.71. The summed E-state index contributed by atoms with van der Waals surface area (Å²) in [6.07, 6.45) is 1.39. The second-order valence-electron chi connectivity index (χ2n) is 5.13. The summed E-state index contributed by atoms with van der Waals surface area (Å²) in [6, 6.07) is 6.88. The Hall–Kier alpha value is -2.45. The van der Waals surface area contributed by atoms with E-state index in [9.17, 15) is 18.5 Å². The fourth-order valence-corrected chi connectivity index (χ4v) is 2.44. The number of anilines is 1. The molecule has 2 N–H and O–H groups in total. The highest BCUT2D eigenvalue weighted by atomic mass is 32.2. The monoisotopic (exact) mass is 383 g/mol. The Morgan fingerprint density at radius 2 is 1.92 bits per heavy atom. The summed E-state index contributed by atoms with van der Waals surface area (Å²) in [7, 11) is -1.31. The van der Waals surface area contributed by atoms with Crippen LogP contribution in [0, 0.1) is 11.3 Å². The van der Waals surface area contributed by atoms with Gasteiger partial charge in [0.15, 0.2) is 0 Å². The molecule has 142 valence electrons. The van der Waals surface area contributed by atoms with Crippen molar-refractivity contribution in [2.75, 3.05) is 45.8 Å². The molecule has 26 heavy (non-hydrogen) atoms. The summed E-state index contributed by atoms with van der Waals surface area (Å²) in [5.74, 6) is -0.708. The molecule has 0 atom stereocenters. The minimum Gasteiger partial charge on any atom is -0.383 e. The Bertz CT molecular complexity index is 777. The summed E-state index contributed by atoms with van der Waals surface area (Å²) < 4.78 is 41.3. The molecule has 0 aliphatic carbocycles. The van der Waals surface area contributed by atoms with Crippen LogP contribution >= 0.6 is 0 Å². The maximum Gasteiger partial charge on any atom is 0.294 e. The molecule has 0 spiro atoms. The quantitative estimate of drug-likeness (QED) is 0.346. The summed E-state index contributed by atoms with van der Waals surface area (Å²) in [5.41, 5.74) is -0.0407. The molecule has 0 aliphatic rings. The van der Waals surface area contributed by atoms with Crippen LogP contribution in [-0.2, 0) is 24.4 Å². The van der Waals surface area contributed by atoms with Gasteiger partial charge >= 0.3 is 0 Å². The van der Waals surface area contributed by atoms with Crippen LogP contribution < -0.4 is 5.32 Å². The number of carbonyl (C=O) groups excluding carboxylic acids is 1. The van der Waals surface area contributed by atoms with E-state index in [2.05, 4.69) is 5.32 Å². The summed E-state index contributed by atoms with van der Waals surface area (Å²) in [4.78, 5) is 13.6. The van der Waals surface area contributed by atoms with Crippen LogP contribution in [0.4, 0.5) is 5.69 Å². The van der Waals surface area contributed by atoms with E-state index in [4.69, 9.17) is 14.0 Å². The van der Waals surface area contributed by atoms with E-state index in [-0.39, 0.29) is 16.2 Å². The standard InChI is InChI=1S/C16H21N3O6S/c1-24-8-6-19(7-9-25-2)12-13(11-17)16(20)18-14-4-3-5-15(10-14)26(21,22)23/h3-5,10,12H,6-9H2,1-2H3,(H,18,20)(H,21,22,23)/b13-12-. The number of carbonyl (C=O) groups is 1. The van der Waals surface area contributed by atoms with Crippen LogP contribution in [0.15, 0.2) is 40.9 Å². The molecule has 0 saturated heterocycles. The number of benzene rings is 1. The molecule has 0 radical (unpaired) electrons. The van der Waals surface area contributed by atoms with Gasteiger partial charge < -0.3 is 19.7 Å². The third kappa shape index (κ3) is 7.20. The van der Waals surface area contributed by atoms with E-state index in [1.165, 1.54) is 24.4 Å². The summed E-state index contributed by atoms with van der Waals surface area (Å²) >= 11 is 0. The molecule has 1 rings (SSSR count). The number of methoxy groups -OCH3 is 2. The van der Waals surface area contributed by atoms with Gasteiger partial charge in [0.05, 0.1) is 18.1 Å². The highest BCUT2D eigenvalue weighted by Crippen LogP contribution is 2.16. The highest BCUT2D eigenvalue weighted by molar-refractivity contribution is 7.85. The van der Waals surface area contributed by atoms with E-state index in [1.807, 2.05) is 6.07 Å². The largest absolute Gasteiger partial charge is 0.383 e. The van der Waals surface area contributed by atoms with Gasteiger partial charge in [-0.1, -0.05) is 6.07 Å². The summed E-state index contributed by atoms with van der Waals surface area (Å²) in [5, 5.41) is 11.7. The van der Waals surface area contributed by atoms with Gasteiger partial charge in [0, 0.05) is 39.2 Å². The van der Waals surface area contributed by atoms with Crippen LogP contribution in [0.1, 0.15) is 0 Å². The first-order valence-electron chi connectivity index (χ1n) is 7.54. The first-order chi connectivity index (χ1) is 12.3. The van der Waals surface area contributed by atoms with Crippen molar-refractivity contribution in [1.29, 1.82) is 5.26 Å². The van der Waals surface area contributed by atoms with Crippen LogP contribution in [-0.4, -0.2) is 64.3 Å². The molecule has 0 heterocycles. The van der Waals surface area contributed by atoms with E-state index < -0.39 is 16.0 Å². The van der Waals surface area contributed by atoms with Gasteiger partial charge in [0.25, 0.3) is 16.0 Å². The Balaban J connectivity index is 2.95. The predicted octanol–water partition coefficient (Wildman–Crippen LogP) is 0.874. The molecule has 0 unspecified atom stereocenters. The van der Waals surface area contributed by atoms with Crippen LogP contribution in [0.5, 0.6) is 0 Å². The molecule has 0 aliphatic heterocycles. The van der Waals surface area contributed by atoms with Crippen molar-refractivity contribution < 1.29 is 27.2 Å². The third-order valence-electron chi connectivity index (χ3n) is 3.23. The lowest BCUT2D eigenvalue weighted by atomic mass is 10.2. The predicted molar refractivity (Wildman–Crippen MR) is 93.9 cm³/mol. The van der Waals surface area contributed by atoms with Crippen molar-refractivity contribution in [2.24, 2.45) is 0 Å². The van der Waals surface area contributed by atoms with Gasteiger partial charge in [-0.3, -0.25) is 9.35 Å². The molecule has 0 fully saturated rings. The second-order valence-corrected chi connectivity index (χ2v) is 6.55. The maximum atomic E-state index is 12.3. The van der Waals surface area contributed by atoms with Gasteiger partial charge in [-0.15, -0.1) is 0 Å². The molecule has 0 saturated carbocycles. The van der Waals surface area contributed by atoms with E-state index in [0.29, 0.717) is 26.3 Å². The molecular formula is C16H21N3O6S. The van der Waals surface area contributed by atoms with E-state index in [0.717, 1.165) is 6.07 Å². The maximum absolute atomic E-state index is 12.3. The molecule has 0 aromatic heterocycles.